The number of unbranched alkanes of at least 4 members (excludes halogenated alkanes) is 3. The lowest BCUT2D eigenvalue weighted by atomic mass is 10.0. The van der Waals surface area contributed by atoms with E-state index >= 15 is 0 Å². The van der Waals surface area contributed by atoms with Crippen molar-refractivity contribution in [2.24, 2.45) is 0 Å². The largest absolute Gasteiger partial charge is 0.379 e. The topological polar surface area (TPSA) is 41.2 Å². The summed E-state index contributed by atoms with van der Waals surface area (Å²) in [5.74, 6) is 0. The van der Waals surface area contributed by atoms with Gasteiger partial charge in [0.15, 0.2) is 0 Å². The number of benzene rings is 2. The lowest BCUT2D eigenvalue weighted by molar-refractivity contribution is 0.0342. The summed E-state index contributed by atoms with van der Waals surface area (Å²) in [7, 11) is 0. The van der Waals surface area contributed by atoms with Gasteiger partial charge in [0.05, 0.1) is 13.2 Å². The van der Waals surface area contributed by atoms with Gasteiger partial charge >= 0.3 is 0 Å². The molecule has 1 N–H and O–H groups in total. The van der Waals surface area contributed by atoms with Crippen molar-refractivity contribution < 1.29 is 4.74 Å². The zero-order valence-electron chi connectivity index (χ0n) is 19.5. The Labute approximate surface area is 196 Å². The number of aromatic amines is 1. The van der Waals surface area contributed by atoms with Crippen molar-refractivity contribution in [1.82, 2.24) is 14.9 Å². The van der Waals surface area contributed by atoms with Gasteiger partial charge in [0, 0.05) is 42.1 Å². The van der Waals surface area contributed by atoms with Crippen LogP contribution in [0.5, 0.6) is 0 Å². The van der Waals surface area contributed by atoms with Crippen LogP contribution in [-0.2, 0) is 11.3 Å². The maximum Gasteiger partial charge on any atom is 0.138 e. The number of nitrogens with zero attached hydrogens (tertiary/aromatic N) is 2. The number of allylic oxidation sites excluding steroid dienone is 1. The molecule has 0 unspecified atom stereocenters. The highest BCUT2D eigenvalue weighted by molar-refractivity contribution is 6.10. The Hall–Kier alpha value is -2.95. The number of ether oxygens (including phenoxy) is 1. The number of H-pyrrole nitrogens is 1. The minimum atomic E-state index is 0.841. The van der Waals surface area contributed by atoms with E-state index < -0.39 is 0 Å². The molecule has 4 heteroatoms. The average Bonchev–Trinajstić information content (AvgIpc) is 3.24. The predicted molar refractivity (Wildman–Crippen MR) is 138 cm³/mol. The molecule has 0 aliphatic carbocycles. The van der Waals surface area contributed by atoms with E-state index in [0.717, 1.165) is 50.4 Å². The van der Waals surface area contributed by atoms with Gasteiger partial charge < -0.3 is 9.72 Å². The van der Waals surface area contributed by atoms with E-state index in [2.05, 4.69) is 82.5 Å². The molecular weight excluding hydrogens is 406 g/mol. The molecular formula is C29H33N3O. The molecule has 3 heterocycles. The summed E-state index contributed by atoms with van der Waals surface area (Å²) in [6.07, 6.45) is 11.4. The van der Waals surface area contributed by atoms with Crippen molar-refractivity contribution in [2.75, 3.05) is 26.3 Å². The number of hydrogen-bond acceptors (Lipinski definition) is 3. The standard InChI is InChI=1S/C29H33N3O/c1-2-3-4-5-6-7-24-14-15-30-29-28(24)26-20-25(12-13-27(26)31-29)23-10-8-22(9-11-23)21-32-16-18-33-19-17-32/h6-15,20H,2-5,16-19,21H2,1H3,(H,30,31). The Morgan fingerprint density at radius 3 is 2.64 bits per heavy atom. The van der Waals surface area contributed by atoms with Crippen molar-refractivity contribution in [2.45, 2.75) is 39.2 Å². The molecule has 0 atom stereocenters. The Balaban J connectivity index is 1.41. The van der Waals surface area contributed by atoms with Crippen LogP contribution in [0.3, 0.4) is 0 Å². The number of aromatic nitrogens is 2. The van der Waals surface area contributed by atoms with Crippen LogP contribution >= 0.6 is 0 Å². The number of pyridine rings is 1. The number of nitrogens with one attached hydrogen (secondary N) is 1. The summed E-state index contributed by atoms with van der Waals surface area (Å²) < 4.78 is 5.47. The van der Waals surface area contributed by atoms with Crippen LogP contribution in [0.2, 0.25) is 0 Å². The number of morpholine rings is 1. The summed E-state index contributed by atoms with van der Waals surface area (Å²) >= 11 is 0. The molecule has 0 amide bonds. The SMILES string of the molecule is CCCCCC=Cc1ccnc2[nH]c3ccc(-c4ccc(CN5CCOCC5)cc4)cc3c12. The summed E-state index contributed by atoms with van der Waals surface area (Å²) in [5, 5.41) is 2.45. The van der Waals surface area contributed by atoms with Gasteiger partial charge in [-0.25, -0.2) is 4.98 Å². The first-order chi connectivity index (χ1) is 16.3. The van der Waals surface area contributed by atoms with Crippen LogP contribution in [0.1, 0.15) is 43.7 Å². The Morgan fingerprint density at radius 1 is 1.00 bits per heavy atom. The van der Waals surface area contributed by atoms with Crippen LogP contribution in [-0.4, -0.2) is 41.2 Å². The third-order valence-corrected chi connectivity index (χ3v) is 6.59. The zero-order chi connectivity index (χ0) is 22.5. The molecule has 0 saturated carbocycles. The average molecular weight is 440 g/mol. The van der Waals surface area contributed by atoms with Gasteiger partial charge in [-0.2, -0.15) is 0 Å². The summed E-state index contributed by atoms with van der Waals surface area (Å²) in [4.78, 5) is 10.6. The van der Waals surface area contributed by atoms with Crippen molar-refractivity contribution in [3.8, 4) is 11.1 Å². The van der Waals surface area contributed by atoms with Crippen molar-refractivity contribution in [1.29, 1.82) is 0 Å². The fourth-order valence-electron chi connectivity index (χ4n) is 4.70. The molecule has 5 rings (SSSR count). The molecule has 170 valence electrons. The van der Waals surface area contributed by atoms with E-state index in [-0.39, 0.29) is 0 Å². The molecule has 0 radical (unpaired) electrons. The van der Waals surface area contributed by atoms with Crippen molar-refractivity contribution in [3.05, 3.63) is 71.9 Å². The molecule has 2 aromatic heterocycles. The quantitative estimate of drug-likeness (QED) is 0.307. The van der Waals surface area contributed by atoms with Gasteiger partial charge in [-0.05, 0) is 53.3 Å². The zero-order valence-corrected chi connectivity index (χ0v) is 19.5. The van der Waals surface area contributed by atoms with E-state index in [1.54, 1.807) is 0 Å². The molecule has 1 saturated heterocycles. The van der Waals surface area contributed by atoms with E-state index in [0.29, 0.717) is 0 Å². The Bertz CT molecular complexity index is 1230. The Morgan fingerprint density at radius 2 is 1.82 bits per heavy atom. The number of fused-ring (bicyclic) bond motifs is 3. The van der Waals surface area contributed by atoms with Gasteiger partial charge in [0.1, 0.15) is 5.65 Å². The van der Waals surface area contributed by atoms with Gasteiger partial charge in [0.25, 0.3) is 0 Å². The molecule has 4 nitrogen and oxygen atoms in total. The Kier molecular flexibility index (Phi) is 6.84. The predicted octanol–water partition coefficient (Wildman–Crippen LogP) is 6.81. The second-order valence-electron chi connectivity index (χ2n) is 8.99. The molecule has 0 bridgehead atoms. The van der Waals surface area contributed by atoms with E-state index in [4.69, 9.17) is 4.74 Å². The third kappa shape index (κ3) is 5.02. The second kappa shape index (κ2) is 10.3. The van der Waals surface area contributed by atoms with E-state index in [1.165, 1.54) is 52.3 Å². The fourth-order valence-corrected chi connectivity index (χ4v) is 4.70. The number of rotatable bonds is 8. The normalized spacial score (nSPS) is 15.2. The minimum Gasteiger partial charge on any atom is -0.379 e. The second-order valence-corrected chi connectivity index (χ2v) is 8.99. The first-order valence-corrected chi connectivity index (χ1v) is 12.3. The van der Waals surface area contributed by atoms with Crippen LogP contribution < -0.4 is 0 Å². The highest BCUT2D eigenvalue weighted by Gasteiger charge is 2.12. The molecule has 4 aromatic rings. The lowest BCUT2D eigenvalue weighted by Gasteiger charge is -2.26. The summed E-state index contributed by atoms with van der Waals surface area (Å²) in [5.41, 5.74) is 7.17. The van der Waals surface area contributed by atoms with Crippen LogP contribution in [0.15, 0.2) is 60.8 Å². The minimum absolute atomic E-state index is 0.841. The highest BCUT2D eigenvalue weighted by Crippen LogP contribution is 2.32. The fraction of sp³-hybridized carbons (Fsp3) is 0.345. The molecule has 0 spiro atoms. The highest BCUT2D eigenvalue weighted by atomic mass is 16.5. The maximum absolute atomic E-state index is 5.47. The lowest BCUT2D eigenvalue weighted by Crippen LogP contribution is -2.35. The van der Waals surface area contributed by atoms with E-state index in [9.17, 15) is 0 Å². The number of hydrogen-bond donors (Lipinski definition) is 1. The van der Waals surface area contributed by atoms with Gasteiger partial charge in [0.2, 0.25) is 0 Å². The van der Waals surface area contributed by atoms with Crippen molar-refractivity contribution >= 4 is 28.0 Å². The summed E-state index contributed by atoms with van der Waals surface area (Å²) in [6.45, 7) is 6.95. The molecule has 2 aromatic carbocycles. The maximum atomic E-state index is 5.47. The van der Waals surface area contributed by atoms with Gasteiger partial charge in [-0.15, -0.1) is 0 Å². The summed E-state index contributed by atoms with van der Waals surface area (Å²) in [6, 6.07) is 17.8. The van der Waals surface area contributed by atoms with E-state index in [1.807, 2.05) is 6.20 Å². The molecule has 1 aliphatic heterocycles. The van der Waals surface area contributed by atoms with Crippen LogP contribution in [0, 0.1) is 0 Å². The molecule has 1 aliphatic rings. The van der Waals surface area contributed by atoms with Crippen LogP contribution in [0.4, 0.5) is 0 Å². The van der Waals surface area contributed by atoms with Gasteiger partial charge in [-0.3, -0.25) is 4.90 Å². The van der Waals surface area contributed by atoms with Crippen molar-refractivity contribution in [3.63, 3.8) is 0 Å². The molecule has 1 fully saturated rings. The first kappa shape index (κ1) is 21.9. The van der Waals surface area contributed by atoms with Gasteiger partial charge in [-0.1, -0.05) is 62.2 Å². The first-order valence-electron chi connectivity index (χ1n) is 12.3. The third-order valence-electron chi connectivity index (χ3n) is 6.59. The molecule has 33 heavy (non-hydrogen) atoms. The van der Waals surface area contributed by atoms with Crippen LogP contribution in [0.25, 0.3) is 39.1 Å². The smallest absolute Gasteiger partial charge is 0.138 e. The monoisotopic (exact) mass is 439 g/mol.